The second-order valence-corrected chi connectivity index (χ2v) is 9.49. The van der Waals surface area contributed by atoms with Crippen LogP contribution in [0.3, 0.4) is 0 Å². The number of benzene rings is 1. The number of nitrogens with one attached hydrogen (secondary N) is 1. The molecule has 2 aliphatic rings. The minimum absolute atomic E-state index is 0. The lowest BCUT2D eigenvalue weighted by molar-refractivity contribution is 0.127. The highest BCUT2D eigenvalue weighted by Gasteiger charge is 2.28. The van der Waals surface area contributed by atoms with Crippen molar-refractivity contribution in [3.05, 3.63) is 35.9 Å². The van der Waals surface area contributed by atoms with E-state index in [1.165, 1.54) is 5.56 Å². The van der Waals surface area contributed by atoms with E-state index in [0.29, 0.717) is 25.7 Å². The molecule has 7 nitrogen and oxygen atoms in total. The highest BCUT2D eigenvalue weighted by Crippen LogP contribution is 2.25. The second-order valence-electron chi connectivity index (χ2n) is 7.40. The molecule has 0 aliphatic carbocycles. The zero-order chi connectivity index (χ0) is 20.0. The molecular weight excluding hydrogens is 501 g/mol. The lowest BCUT2D eigenvalue weighted by atomic mass is 10.0. The molecule has 0 saturated carbocycles. The van der Waals surface area contributed by atoms with Crippen LogP contribution >= 0.6 is 24.0 Å². The first-order valence-electron chi connectivity index (χ1n) is 10.3. The Morgan fingerprint density at radius 1 is 1.14 bits per heavy atom. The summed E-state index contributed by atoms with van der Waals surface area (Å²) < 4.78 is 25.4. The second kappa shape index (κ2) is 11.5. The predicted octanol–water partition coefficient (Wildman–Crippen LogP) is 1.98. The molecule has 0 spiro atoms. The first kappa shape index (κ1) is 24.4. The topological polar surface area (TPSA) is 68.2 Å². The summed E-state index contributed by atoms with van der Waals surface area (Å²) in [6, 6.07) is 11.2. The molecule has 1 N–H and O–H groups in total. The maximum Gasteiger partial charge on any atom is 0.214 e. The number of rotatable bonds is 6. The van der Waals surface area contributed by atoms with Crippen molar-refractivity contribution in [2.45, 2.75) is 25.8 Å². The van der Waals surface area contributed by atoms with E-state index in [0.717, 1.165) is 45.0 Å². The number of guanidine groups is 1. The van der Waals surface area contributed by atoms with Crippen LogP contribution in [0.1, 0.15) is 31.4 Å². The molecule has 1 aromatic carbocycles. The Kier molecular flexibility index (Phi) is 9.64. The molecule has 3 rings (SSSR count). The SMILES string of the molecule is CCC(c1ccccc1)N1CCN(C(=NC)NCCN2CCCS2(=O)=O)CC1.I. The van der Waals surface area contributed by atoms with Crippen molar-refractivity contribution in [2.75, 3.05) is 58.6 Å². The molecule has 1 unspecified atom stereocenters. The van der Waals surface area contributed by atoms with Crippen molar-refractivity contribution in [1.29, 1.82) is 0 Å². The molecule has 164 valence electrons. The Labute approximate surface area is 192 Å². The summed E-state index contributed by atoms with van der Waals surface area (Å²) in [4.78, 5) is 9.23. The van der Waals surface area contributed by atoms with Gasteiger partial charge >= 0.3 is 0 Å². The van der Waals surface area contributed by atoms with Crippen molar-refractivity contribution in [2.24, 2.45) is 4.99 Å². The van der Waals surface area contributed by atoms with Crippen molar-refractivity contribution >= 4 is 40.0 Å². The lowest BCUT2D eigenvalue weighted by Crippen LogP contribution is -2.53. The Morgan fingerprint density at radius 2 is 1.83 bits per heavy atom. The highest BCUT2D eigenvalue weighted by atomic mass is 127. The standard InChI is InChI=1S/C20H33N5O2S.HI/c1-3-19(18-8-5-4-6-9-18)23-13-15-24(16-14-23)20(21-2)22-10-12-25-11-7-17-28(25,26)27;/h4-6,8-9,19H,3,7,10-17H2,1-2H3,(H,21,22);1H. The van der Waals surface area contributed by atoms with E-state index in [1.54, 1.807) is 11.4 Å². The number of halogens is 1. The van der Waals surface area contributed by atoms with E-state index in [9.17, 15) is 8.42 Å². The molecule has 0 radical (unpaired) electrons. The van der Waals surface area contributed by atoms with Gasteiger partial charge in [0.25, 0.3) is 0 Å². The number of hydrogen-bond donors (Lipinski definition) is 1. The minimum atomic E-state index is -3.03. The molecule has 9 heteroatoms. The third-order valence-corrected chi connectivity index (χ3v) is 7.64. The van der Waals surface area contributed by atoms with Crippen LogP contribution < -0.4 is 5.32 Å². The van der Waals surface area contributed by atoms with Gasteiger partial charge in [-0.2, -0.15) is 0 Å². The van der Waals surface area contributed by atoms with Crippen molar-refractivity contribution in [3.63, 3.8) is 0 Å². The van der Waals surface area contributed by atoms with Gasteiger partial charge in [-0.15, -0.1) is 24.0 Å². The largest absolute Gasteiger partial charge is 0.355 e. The van der Waals surface area contributed by atoms with Crippen LogP contribution in [0.2, 0.25) is 0 Å². The monoisotopic (exact) mass is 535 g/mol. The molecule has 1 aromatic rings. The van der Waals surface area contributed by atoms with Gasteiger partial charge in [-0.3, -0.25) is 9.89 Å². The summed E-state index contributed by atoms with van der Waals surface area (Å²) in [6.07, 6.45) is 1.83. The van der Waals surface area contributed by atoms with Gasteiger partial charge < -0.3 is 10.2 Å². The van der Waals surface area contributed by atoms with Gasteiger partial charge in [0.05, 0.1) is 5.75 Å². The molecule has 2 aliphatic heterocycles. The van der Waals surface area contributed by atoms with Crippen LogP contribution in [0.4, 0.5) is 0 Å². The molecule has 2 fully saturated rings. The fourth-order valence-electron chi connectivity index (χ4n) is 4.19. The lowest BCUT2D eigenvalue weighted by Gasteiger charge is -2.40. The van der Waals surface area contributed by atoms with Gasteiger partial charge in [0.1, 0.15) is 0 Å². The van der Waals surface area contributed by atoms with Crippen molar-refractivity contribution < 1.29 is 8.42 Å². The number of piperazine rings is 1. The van der Waals surface area contributed by atoms with Crippen LogP contribution in [0.5, 0.6) is 0 Å². The van der Waals surface area contributed by atoms with Gasteiger partial charge in [-0.25, -0.2) is 12.7 Å². The van der Waals surface area contributed by atoms with E-state index in [1.807, 2.05) is 0 Å². The summed E-state index contributed by atoms with van der Waals surface area (Å²) in [6.45, 7) is 7.82. The number of sulfonamides is 1. The minimum Gasteiger partial charge on any atom is -0.355 e. The van der Waals surface area contributed by atoms with Gasteiger partial charge in [0.15, 0.2) is 5.96 Å². The Balaban J connectivity index is 0.00000300. The van der Waals surface area contributed by atoms with Crippen molar-refractivity contribution in [3.8, 4) is 0 Å². The van der Waals surface area contributed by atoms with Crippen LogP contribution in [-0.4, -0.2) is 87.1 Å². The Bertz CT molecular complexity index is 751. The van der Waals surface area contributed by atoms with Crippen LogP contribution in [0, 0.1) is 0 Å². The number of aliphatic imine (C=N–C) groups is 1. The van der Waals surface area contributed by atoms with E-state index in [2.05, 4.69) is 57.4 Å². The maximum atomic E-state index is 11.9. The Morgan fingerprint density at radius 3 is 2.38 bits per heavy atom. The van der Waals surface area contributed by atoms with Crippen LogP contribution in [-0.2, 0) is 10.0 Å². The molecule has 0 aromatic heterocycles. The molecule has 29 heavy (non-hydrogen) atoms. The summed E-state index contributed by atoms with van der Waals surface area (Å²) in [7, 11) is -1.24. The zero-order valence-electron chi connectivity index (χ0n) is 17.5. The molecule has 0 amide bonds. The van der Waals surface area contributed by atoms with Gasteiger partial charge in [-0.1, -0.05) is 37.3 Å². The highest BCUT2D eigenvalue weighted by molar-refractivity contribution is 14.0. The molecule has 2 saturated heterocycles. The fourth-order valence-corrected chi connectivity index (χ4v) is 5.72. The molecule has 0 bridgehead atoms. The summed E-state index contributed by atoms with van der Waals surface area (Å²) in [5.41, 5.74) is 1.38. The zero-order valence-corrected chi connectivity index (χ0v) is 20.6. The molecule has 1 atom stereocenters. The summed E-state index contributed by atoms with van der Waals surface area (Å²) in [5.74, 6) is 1.15. The van der Waals surface area contributed by atoms with Gasteiger partial charge in [0.2, 0.25) is 10.0 Å². The maximum absolute atomic E-state index is 11.9. The van der Waals surface area contributed by atoms with E-state index >= 15 is 0 Å². The number of hydrogen-bond acceptors (Lipinski definition) is 4. The van der Waals surface area contributed by atoms with Crippen LogP contribution in [0.15, 0.2) is 35.3 Å². The average Bonchev–Trinajstić information content (AvgIpc) is 3.05. The summed E-state index contributed by atoms with van der Waals surface area (Å²) >= 11 is 0. The fraction of sp³-hybridized carbons (Fsp3) is 0.650. The third kappa shape index (κ3) is 6.28. The first-order valence-corrected chi connectivity index (χ1v) is 11.9. The first-order chi connectivity index (χ1) is 13.5. The van der Waals surface area contributed by atoms with Gasteiger partial charge in [0, 0.05) is 58.9 Å². The average molecular weight is 535 g/mol. The predicted molar refractivity (Wildman–Crippen MR) is 129 cm³/mol. The van der Waals surface area contributed by atoms with E-state index in [4.69, 9.17) is 0 Å². The van der Waals surface area contributed by atoms with Crippen molar-refractivity contribution in [1.82, 2.24) is 19.4 Å². The summed E-state index contributed by atoms with van der Waals surface area (Å²) in [5, 5.41) is 3.34. The smallest absolute Gasteiger partial charge is 0.214 e. The molecular formula is C20H34IN5O2S. The number of nitrogens with zero attached hydrogens (tertiary/aromatic N) is 4. The van der Waals surface area contributed by atoms with E-state index in [-0.39, 0.29) is 29.7 Å². The normalized spacial score (nSPS) is 21.6. The molecule has 2 heterocycles. The van der Waals surface area contributed by atoms with E-state index < -0.39 is 10.0 Å². The van der Waals surface area contributed by atoms with Gasteiger partial charge in [-0.05, 0) is 18.4 Å². The quantitative estimate of drug-likeness (QED) is 0.343. The third-order valence-electron chi connectivity index (χ3n) is 5.68. The Hall–Kier alpha value is -0.910. The van der Waals surface area contributed by atoms with Crippen LogP contribution in [0.25, 0.3) is 0 Å².